The molecule has 0 amide bonds. The Morgan fingerprint density at radius 3 is 2.67 bits per heavy atom. The van der Waals surface area contributed by atoms with E-state index >= 15 is 0 Å². The minimum atomic E-state index is -4.35. The number of fused-ring (bicyclic) bond motifs is 1. The summed E-state index contributed by atoms with van der Waals surface area (Å²) in [4.78, 5) is 0. The van der Waals surface area contributed by atoms with Crippen LogP contribution in [0.25, 0.3) is 10.9 Å². The first-order valence-corrected chi connectivity index (χ1v) is 5.66. The normalized spacial score (nSPS) is 12.3. The fourth-order valence-electron chi connectivity index (χ4n) is 1.23. The molecule has 2 aromatic rings. The number of rotatable bonds is 0. The topological polar surface area (TPSA) is 28.7 Å². The van der Waals surface area contributed by atoms with Gasteiger partial charge in [0, 0.05) is 13.4 Å². The summed E-state index contributed by atoms with van der Waals surface area (Å²) in [5, 5.41) is 6.86. The summed E-state index contributed by atoms with van der Waals surface area (Å²) in [5.74, 6) is 0. The summed E-state index contributed by atoms with van der Waals surface area (Å²) >= 11 is 4.80. The average molecular weight is 391 g/mol. The number of hydrogen-bond acceptors (Lipinski definition) is 1. The van der Waals surface area contributed by atoms with Gasteiger partial charge in [0.15, 0.2) is 0 Å². The number of H-pyrrole nitrogens is 1. The van der Waals surface area contributed by atoms with Gasteiger partial charge < -0.3 is 0 Å². The van der Waals surface area contributed by atoms with Crippen molar-refractivity contribution in [2.45, 2.75) is 6.18 Å². The van der Waals surface area contributed by atoms with Gasteiger partial charge in [-0.05, 0) is 44.6 Å². The Morgan fingerprint density at radius 2 is 2.07 bits per heavy atom. The van der Waals surface area contributed by atoms with Gasteiger partial charge in [-0.1, -0.05) is 0 Å². The smallest absolute Gasteiger partial charge is 0.278 e. The third-order valence-corrected chi connectivity index (χ3v) is 4.61. The van der Waals surface area contributed by atoms with Crippen LogP contribution in [-0.2, 0) is 6.18 Å². The lowest BCUT2D eigenvalue weighted by molar-refractivity contribution is -0.138. The van der Waals surface area contributed by atoms with Gasteiger partial charge in [0.2, 0.25) is 0 Å². The number of hydrogen-bond donors (Lipinski definition) is 1. The molecule has 1 aromatic heterocycles. The van der Waals surface area contributed by atoms with Crippen molar-refractivity contribution in [2.75, 3.05) is 0 Å². The third kappa shape index (κ3) is 1.86. The molecule has 80 valence electrons. The molecule has 0 atom stereocenters. The first kappa shape index (κ1) is 11.2. The highest BCUT2D eigenvalue weighted by Gasteiger charge is 2.34. The Morgan fingerprint density at radius 1 is 1.40 bits per heavy atom. The van der Waals surface area contributed by atoms with Gasteiger partial charge in [-0.3, -0.25) is 5.10 Å². The Labute approximate surface area is 105 Å². The SMILES string of the molecule is FC(F)(F)c1cc2[nH]ncc2c(Br)c1I. The highest BCUT2D eigenvalue weighted by Crippen LogP contribution is 2.39. The van der Waals surface area contributed by atoms with Gasteiger partial charge in [0.25, 0.3) is 0 Å². The molecule has 0 radical (unpaired) electrons. The van der Waals surface area contributed by atoms with Crippen molar-refractivity contribution < 1.29 is 13.2 Å². The highest BCUT2D eigenvalue weighted by molar-refractivity contribution is 14.1. The second-order valence-corrected chi connectivity index (χ2v) is 4.75. The lowest BCUT2D eigenvalue weighted by Gasteiger charge is -2.10. The van der Waals surface area contributed by atoms with Crippen molar-refractivity contribution in [3.8, 4) is 0 Å². The molecule has 0 saturated heterocycles. The molecule has 0 unspecified atom stereocenters. The molecule has 0 aliphatic rings. The number of aromatic amines is 1. The Hall–Kier alpha value is -0.310. The Balaban J connectivity index is 2.82. The maximum absolute atomic E-state index is 12.6. The van der Waals surface area contributed by atoms with Crippen LogP contribution >= 0.6 is 38.5 Å². The van der Waals surface area contributed by atoms with E-state index in [1.807, 2.05) is 0 Å². The molecule has 0 aliphatic heterocycles. The number of benzene rings is 1. The van der Waals surface area contributed by atoms with E-state index in [4.69, 9.17) is 0 Å². The van der Waals surface area contributed by atoms with Crippen LogP contribution in [0.4, 0.5) is 13.2 Å². The van der Waals surface area contributed by atoms with E-state index in [0.29, 0.717) is 15.4 Å². The van der Waals surface area contributed by atoms with Crippen LogP contribution in [0, 0.1) is 3.57 Å². The lowest BCUT2D eigenvalue weighted by Crippen LogP contribution is -2.07. The Bertz CT molecular complexity index is 520. The van der Waals surface area contributed by atoms with E-state index in [0.717, 1.165) is 6.07 Å². The zero-order valence-corrected chi connectivity index (χ0v) is 10.7. The standard InChI is InChI=1S/C8H3BrF3IN2/c9-6-3-2-14-15-5(3)1-4(7(6)13)8(10,11)12/h1-2H,(H,14,15). The summed E-state index contributed by atoms with van der Waals surface area (Å²) in [6.45, 7) is 0. The predicted molar refractivity (Wildman–Crippen MR) is 61.5 cm³/mol. The van der Waals surface area contributed by atoms with Crippen molar-refractivity contribution in [2.24, 2.45) is 0 Å². The summed E-state index contributed by atoms with van der Waals surface area (Å²) in [6.07, 6.45) is -2.86. The zero-order chi connectivity index (χ0) is 11.2. The van der Waals surface area contributed by atoms with Crippen LogP contribution in [0.15, 0.2) is 16.7 Å². The molecule has 0 aliphatic carbocycles. The third-order valence-electron chi connectivity index (χ3n) is 1.93. The van der Waals surface area contributed by atoms with Crippen molar-refractivity contribution >= 4 is 49.4 Å². The molecular weight excluding hydrogens is 388 g/mol. The molecule has 1 N–H and O–H groups in total. The first-order chi connectivity index (χ1) is 6.91. The molecule has 7 heteroatoms. The number of nitrogens with zero attached hydrogens (tertiary/aromatic N) is 1. The minimum absolute atomic E-state index is 0.147. The minimum Gasteiger partial charge on any atom is -0.278 e. The molecule has 0 saturated carbocycles. The van der Waals surface area contributed by atoms with Gasteiger partial charge in [-0.15, -0.1) is 0 Å². The molecule has 1 aromatic carbocycles. The molecule has 15 heavy (non-hydrogen) atoms. The Kier molecular flexibility index (Phi) is 2.70. The molecule has 1 heterocycles. The van der Waals surface area contributed by atoms with E-state index in [9.17, 15) is 13.2 Å². The van der Waals surface area contributed by atoms with Crippen molar-refractivity contribution in [3.05, 3.63) is 25.9 Å². The quantitative estimate of drug-likeness (QED) is 0.678. The fourth-order valence-corrected chi connectivity index (χ4v) is 2.51. The number of aromatic nitrogens is 2. The molecule has 0 fully saturated rings. The maximum atomic E-state index is 12.6. The molecule has 2 rings (SSSR count). The van der Waals surface area contributed by atoms with Gasteiger partial charge in [0.1, 0.15) is 0 Å². The van der Waals surface area contributed by atoms with Gasteiger partial charge in [0.05, 0.1) is 17.3 Å². The zero-order valence-electron chi connectivity index (χ0n) is 6.99. The van der Waals surface area contributed by atoms with E-state index < -0.39 is 11.7 Å². The average Bonchev–Trinajstić information content (AvgIpc) is 2.57. The summed E-state index contributed by atoms with van der Waals surface area (Å²) in [5.41, 5.74) is -0.290. The van der Waals surface area contributed by atoms with Crippen LogP contribution in [0.5, 0.6) is 0 Å². The maximum Gasteiger partial charge on any atom is 0.417 e. The molecule has 0 bridgehead atoms. The lowest BCUT2D eigenvalue weighted by atomic mass is 10.1. The number of halogens is 5. The first-order valence-electron chi connectivity index (χ1n) is 3.79. The van der Waals surface area contributed by atoms with Crippen LogP contribution < -0.4 is 0 Å². The van der Waals surface area contributed by atoms with Gasteiger partial charge in [-0.2, -0.15) is 18.3 Å². The second kappa shape index (κ2) is 3.62. The van der Waals surface area contributed by atoms with Crippen LogP contribution in [0.2, 0.25) is 0 Å². The largest absolute Gasteiger partial charge is 0.417 e. The van der Waals surface area contributed by atoms with E-state index in [1.54, 1.807) is 22.6 Å². The molecular formula is C8H3BrF3IN2. The van der Waals surface area contributed by atoms with Crippen molar-refractivity contribution in [1.82, 2.24) is 10.2 Å². The summed E-state index contributed by atoms with van der Waals surface area (Å²) in [7, 11) is 0. The van der Waals surface area contributed by atoms with E-state index in [2.05, 4.69) is 26.1 Å². The predicted octanol–water partition coefficient (Wildman–Crippen LogP) is 3.95. The van der Waals surface area contributed by atoms with Crippen LogP contribution in [0.1, 0.15) is 5.56 Å². The van der Waals surface area contributed by atoms with Crippen molar-refractivity contribution in [3.63, 3.8) is 0 Å². The van der Waals surface area contributed by atoms with Gasteiger partial charge >= 0.3 is 6.18 Å². The van der Waals surface area contributed by atoms with E-state index in [-0.39, 0.29) is 3.57 Å². The highest BCUT2D eigenvalue weighted by atomic mass is 127. The fraction of sp³-hybridized carbons (Fsp3) is 0.125. The van der Waals surface area contributed by atoms with Crippen LogP contribution in [-0.4, -0.2) is 10.2 Å². The summed E-state index contributed by atoms with van der Waals surface area (Å²) in [6, 6.07) is 1.06. The summed E-state index contributed by atoms with van der Waals surface area (Å²) < 4.78 is 38.4. The number of nitrogens with one attached hydrogen (secondary N) is 1. The second-order valence-electron chi connectivity index (χ2n) is 2.88. The monoisotopic (exact) mass is 390 g/mol. The van der Waals surface area contributed by atoms with Gasteiger partial charge in [-0.25, -0.2) is 0 Å². The van der Waals surface area contributed by atoms with Crippen molar-refractivity contribution in [1.29, 1.82) is 0 Å². The molecule has 0 spiro atoms. The molecule has 2 nitrogen and oxygen atoms in total. The van der Waals surface area contributed by atoms with E-state index in [1.165, 1.54) is 6.20 Å². The van der Waals surface area contributed by atoms with Crippen LogP contribution in [0.3, 0.4) is 0 Å². The number of alkyl halides is 3.